The number of carbonyl (C=O) groups excluding carboxylic acids is 1. The van der Waals surface area contributed by atoms with E-state index in [1.54, 1.807) is 0 Å². The second-order valence-corrected chi connectivity index (χ2v) is 6.41. The Morgan fingerprint density at radius 2 is 1.95 bits per heavy atom. The largest absolute Gasteiger partial charge is 0.469 e. The number of ether oxygens (including phenoxy) is 1. The van der Waals surface area contributed by atoms with Crippen molar-refractivity contribution in [1.82, 2.24) is 0 Å². The predicted molar refractivity (Wildman–Crippen MR) is 73.5 cm³/mol. The second-order valence-electron chi connectivity index (χ2n) is 5.36. The van der Waals surface area contributed by atoms with Crippen molar-refractivity contribution >= 4 is 16.4 Å². The van der Waals surface area contributed by atoms with Crippen LogP contribution in [0.2, 0.25) is 0 Å². The fourth-order valence-corrected chi connectivity index (χ4v) is 3.24. The molecular formula is C13H24O6S. The van der Waals surface area contributed by atoms with Crippen LogP contribution in [0.4, 0.5) is 0 Å². The van der Waals surface area contributed by atoms with Crippen molar-refractivity contribution in [1.29, 1.82) is 0 Å². The Hall–Kier alpha value is -0.660. The minimum atomic E-state index is -4.54. The van der Waals surface area contributed by atoms with Gasteiger partial charge in [0.05, 0.1) is 19.6 Å². The van der Waals surface area contributed by atoms with Crippen LogP contribution in [0.1, 0.15) is 57.8 Å². The molecule has 0 aliphatic heterocycles. The van der Waals surface area contributed by atoms with Gasteiger partial charge in [0.1, 0.15) is 0 Å². The molecule has 1 rings (SSSR count). The molecule has 0 heterocycles. The van der Waals surface area contributed by atoms with E-state index in [-0.39, 0.29) is 6.42 Å². The van der Waals surface area contributed by atoms with Gasteiger partial charge >= 0.3 is 16.4 Å². The van der Waals surface area contributed by atoms with Crippen LogP contribution in [0.3, 0.4) is 0 Å². The van der Waals surface area contributed by atoms with E-state index in [9.17, 15) is 13.2 Å². The van der Waals surface area contributed by atoms with Gasteiger partial charge < -0.3 is 4.74 Å². The Labute approximate surface area is 120 Å². The SMILES string of the molecule is COC(=O)CC(CCCC1CCCCC1)OS(=O)(=O)O. The molecule has 0 amide bonds. The Bertz CT molecular complexity index is 386. The molecule has 118 valence electrons. The Morgan fingerprint density at radius 1 is 1.30 bits per heavy atom. The highest BCUT2D eigenvalue weighted by molar-refractivity contribution is 7.80. The smallest absolute Gasteiger partial charge is 0.397 e. The first kappa shape index (κ1) is 17.4. The zero-order chi connectivity index (χ0) is 15.0. The standard InChI is InChI=1S/C13H24O6S/c1-18-13(14)10-12(19-20(15,16)17)9-5-8-11-6-3-2-4-7-11/h11-12H,2-10H2,1H3,(H,15,16,17). The maximum Gasteiger partial charge on any atom is 0.397 e. The molecule has 0 radical (unpaired) electrons. The van der Waals surface area contributed by atoms with E-state index < -0.39 is 22.5 Å². The molecule has 0 bridgehead atoms. The Morgan fingerprint density at radius 3 is 2.50 bits per heavy atom. The van der Waals surface area contributed by atoms with E-state index in [0.29, 0.717) is 12.3 Å². The van der Waals surface area contributed by atoms with Gasteiger partial charge in [0.25, 0.3) is 0 Å². The van der Waals surface area contributed by atoms with Crippen LogP contribution in [0.15, 0.2) is 0 Å². The zero-order valence-electron chi connectivity index (χ0n) is 11.9. The molecule has 1 unspecified atom stereocenters. The van der Waals surface area contributed by atoms with Gasteiger partial charge in [-0.1, -0.05) is 44.9 Å². The summed E-state index contributed by atoms with van der Waals surface area (Å²) in [4.78, 5) is 11.2. The van der Waals surface area contributed by atoms with Crippen molar-refractivity contribution in [2.75, 3.05) is 7.11 Å². The number of hydrogen-bond acceptors (Lipinski definition) is 5. The molecule has 1 saturated carbocycles. The summed E-state index contributed by atoms with van der Waals surface area (Å²) < 4.78 is 39.3. The molecule has 1 aliphatic carbocycles. The maximum absolute atomic E-state index is 11.2. The third-order valence-corrected chi connectivity index (χ3v) is 4.26. The third kappa shape index (κ3) is 7.81. The average Bonchev–Trinajstić information content (AvgIpc) is 2.38. The lowest BCUT2D eigenvalue weighted by Crippen LogP contribution is -2.22. The van der Waals surface area contributed by atoms with Crippen LogP contribution in [0.25, 0.3) is 0 Å². The zero-order valence-corrected chi connectivity index (χ0v) is 12.7. The van der Waals surface area contributed by atoms with E-state index in [2.05, 4.69) is 8.92 Å². The fraction of sp³-hybridized carbons (Fsp3) is 0.923. The lowest BCUT2D eigenvalue weighted by Gasteiger charge is -2.22. The van der Waals surface area contributed by atoms with Crippen LogP contribution < -0.4 is 0 Å². The minimum Gasteiger partial charge on any atom is -0.469 e. The number of rotatable bonds is 8. The normalized spacial score (nSPS) is 18.7. The molecule has 1 fully saturated rings. The van der Waals surface area contributed by atoms with Crippen LogP contribution in [-0.2, 0) is 24.1 Å². The minimum absolute atomic E-state index is 0.166. The number of methoxy groups -OCH3 is 1. The lowest BCUT2D eigenvalue weighted by molar-refractivity contribution is -0.142. The van der Waals surface area contributed by atoms with Crippen LogP contribution >= 0.6 is 0 Å². The number of hydrogen-bond donors (Lipinski definition) is 1. The summed E-state index contributed by atoms with van der Waals surface area (Å²) in [6, 6.07) is 0. The van der Waals surface area contributed by atoms with Gasteiger partial charge in [0, 0.05) is 0 Å². The monoisotopic (exact) mass is 308 g/mol. The van der Waals surface area contributed by atoms with Gasteiger partial charge in [-0.15, -0.1) is 0 Å². The Balaban J connectivity index is 2.36. The highest BCUT2D eigenvalue weighted by Gasteiger charge is 2.22. The summed E-state index contributed by atoms with van der Waals surface area (Å²) >= 11 is 0. The van der Waals surface area contributed by atoms with Crippen molar-refractivity contribution in [2.24, 2.45) is 5.92 Å². The van der Waals surface area contributed by atoms with Crippen molar-refractivity contribution in [3.05, 3.63) is 0 Å². The quantitative estimate of drug-likeness (QED) is 0.547. The summed E-state index contributed by atoms with van der Waals surface area (Å²) in [6.45, 7) is 0. The molecule has 1 aliphatic rings. The topological polar surface area (TPSA) is 89.9 Å². The first-order chi connectivity index (χ1) is 9.40. The second kappa shape index (κ2) is 8.59. The molecule has 0 aromatic rings. The third-order valence-electron chi connectivity index (χ3n) is 3.74. The highest BCUT2D eigenvalue weighted by Crippen LogP contribution is 2.28. The van der Waals surface area contributed by atoms with E-state index in [0.717, 1.165) is 12.8 Å². The van der Waals surface area contributed by atoms with Crippen LogP contribution in [0, 0.1) is 5.92 Å². The van der Waals surface area contributed by atoms with Crippen LogP contribution in [-0.4, -0.2) is 32.2 Å². The van der Waals surface area contributed by atoms with Crippen molar-refractivity contribution in [3.8, 4) is 0 Å². The molecule has 7 heteroatoms. The van der Waals surface area contributed by atoms with E-state index in [4.69, 9.17) is 4.55 Å². The summed E-state index contributed by atoms with van der Waals surface area (Å²) in [5.74, 6) is 0.143. The molecule has 0 aromatic carbocycles. The first-order valence-electron chi connectivity index (χ1n) is 7.13. The molecule has 20 heavy (non-hydrogen) atoms. The summed E-state index contributed by atoms with van der Waals surface area (Å²) in [7, 11) is -3.31. The van der Waals surface area contributed by atoms with Gasteiger partial charge in [-0.25, -0.2) is 4.18 Å². The summed E-state index contributed by atoms with van der Waals surface area (Å²) in [5.41, 5.74) is 0. The fourth-order valence-electron chi connectivity index (χ4n) is 2.74. The molecule has 0 aromatic heterocycles. The number of carbonyl (C=O) groups is 1. The summed E-state index contributed by atoms with van der Waals surface area (Å²) in [6.07, 6.45) is 7.46. The molecule has 1 atom stereocenters. The van der Waals surface area contributed by atoms with Gasteiger partial charge in [-0.3, -0.25) is 9.35 Å². The van der Waals surface area contributed by atoms with Crippen molar-refractivity contribution in [3.63, 3.8) is 0 Å². The lowest BCUT2D eigenvalue weighted by atomic mass is 9.85. The van der Waals surface area contributed by atoms with Gasteiger partial charge in [-0.05, 0) is 12.3 Å². The maximum atomic E-state index is 11.2. The van der Waals surface area contributed by atoms with Gasteiger partial charge in [-0.2, -0.15) is 8.42 Å². The first-order valence-corrected chi connectivity index (χ1v) is 8.49. The predicted octanol–water partition coefficient (Wildman–Crippen LogP) is 2.49. The van der Waals surface area contributed by atoms with E-state index >= 15 is 0 Å². The van der Waals surface area contributed by atoms with E-state index in [1.165, 1.54) is 39.2 Å². The average molecular weight is 308 g/mol. The molecule has 0 spiro atoms. The molecule has 0 saturated heterocycles. The van der Waals surface area contributed by atoms with Gasteiger partial charge in [0.15, 0.2) is 0 Å². The van der Waals surface area contributed by atoms with Crippen molar-refractivity contribution < 1.29 is 26.7 Å². The van der Waals surface area contributed by atoms with Gasteiger partial charge in [0.2, 0.25) is 0 Å². The number of esters is 1. The highest BCUT2D eigenvalue weighted by atomic mass is 32.3. The Kier molecular flexibility index (Phi) is 7.47. The van der Waals surface area contributed by atoms with Crippen molar-refractivity contribution in [2.45, 2.75) is 63.9 Å². The van der Waals surface area contributed by atoms with E-state index in [1.807, 2.05) is 0 Å². The molecular weight excluding hydrogens is 284 g/mol. The summed E-state index contributed by atoms with van der Waals surface area (Å²) in [5, 5.41) is 0. The molecule has 1 N–H and O–H groups in total. The molecule has 6 nitrogen and oxygen atoms in total. The van der Waals surface area contributed by atoms with Crippen LogP contribution in [0.5, 0.6) is 0 Å².